The number of Topliss-reactive ketones (excluding diaryl/α,β-unsaturated/α-hetero) is 1. The maximum atomic E-state index is 13.8. The number of halogens is 1. The molecule has 2 atom stereocenters. The summed E-state index contributed by atoms with van der Waals surface area (Å²) in [5.74, 6) is -0.749. The van der Waals surface area contributed by atoms with E-state index in [1.165, 1.54) is 13.3 Å². The maximum absolute atomic E-state index is 13.8. The first-order chi connectivity index (χ1) is 8.50. The Labute approximate surface area is 104 Å². The number of rotatable bonds is 2. The number of piperidine rings is 1. The molecule has 6 nitrogen and oxygen atoms in total. The second-order valence-electron chi connectivity index (χ2n) is 4.51. The van der Waals surface area contributed by atoms with Gasteiger partial charge in [-0.2, -0.15) is 4.39 Å². The van der Waals surface area contributed by atoms with Gasteiger partial charge in [0.2, 0.25) is 5.82 Å². The number of aromatic nitrogens is 2. The van der Waals surface area contributed by atoms with Crippen LogP contribution >= 0.6 is 0 Å². The van der Waals surface area contributed by atoms with Gasteiger partial charge < -0.3 is 16.4 Å². The molecule has 0 aromatic carbocycles. The van der Waals surface area contributed by atoms with Gasteiger partial charge in [0.1, 0.15) is 12.1 Å². The van der Waals surface area contributed by atoms with Crippen LogP contribution in [0.3, 0.4) is 0 Å². The average molecular weight is 253 g/mol. The van der Waals surface area contributed by atoms with E-state index >= 15 is 0 Å². The second-order valence-corrected chi connectivity index (χ2v) is 4.51. The molecular weight excluding hydrogens is 237 g/mol. The lowest BCUT2D eigenvalue weighted by Crippen LogP contribution is -2.51. The summed E-state index contributed by atoms with van der Waals surface area (Å²) in [5, 5.41) is 0. The highest BCUT2D eigenvalue weighted by atomic mass is 19.1. The van der Waals surface area contributed by atoms with Crippen molar-refractivity contribution < 1.29 is 9.18 Å². The van der Waals surface area contributed by atoms with Crippen LogP contribution in [0.4, 0.5) is 16.0 Å². The third-order valence-corrected chi connectivity index (χ3v) is 3.28. The maximum Gasteiger partial charge on any atom is 0.207 e. The van der Waals surface area contributed by atoms with Crippen LogP contribution in [0.25, 0.3) is 0 Å². The summed E-state index contributed by atoms with van der Waals surface area (Å²) in [4.78, 5) is 20.5. The van der Waals surface area contributed by atoms with E-state index in [-0.39, 0.29) is 29.4 Å². The highest BCUT2D eigenvalue weighted by Gasteiger charge is 2.31. The van der Waals surface area contributed by atoms with Gasteiger partial charge in [-0.05, 0) is 13.3 Å². The Kier molecular flexibility index (Phi) is 3.42. The Balaban J connectivity index is 2.17. The highest BCUT2D eigenvalue weighted by molar-refractivity contribution is 5.79. The molecule has 0 spiro atoms. The van der Waals surface area contributed by atoms with Gasteiger partial charge in [0.05, 0.1) is 0 Å². The molecule has 98 valence electrons. The molecule has 2 unspecified atom stereocenters. The highest BCUT2D eigenvalue weighted by Crippen LogP contribution is 2.25. The molecule has 7 heteroatoms. The molecule has 1 aromatic heterocycles. The summed E-state index contributed by atoms with van der Waals surface area (Å²) < 4.78 is 13.8. The molecule has 2 rings (SSSR count). The molecule has 0 radical (unpaired) electrons. The largest absolute Gasteiger partial charge is 0.381 e. The van der Waals surface area contributed by atoms with Gasteiger partial charge in [0, 0.05) is 25.0 Å². The summed E-state index contributed by atoms with van der Waals surface area (Å²) in [6.07, 6.45) is 1.82. The summed E-state index contributed by atoms with van der Waals surface area (Å²) in [6, 6.07) is -0.313. The van der Waals surface area contributed by atoms with Crippen molar-refractivity contribution in [3.8, 4) is 0 Å². The predicted molar refractivity (Wildman–Crippen MR) is 65.4 cm³/mol. The Bertz CT molecular complexity index is 467. The molecule has 1 aromatic rings. The van der Waals surface area contributed by atoms with Crippen LogP contribution in [0.15, 0.2) is 6.33 Å². The van der Waals surface area contributed by atoms with Crippen LogP contribution in [0.1, 0.15) is 13.3 Å². The number of hydrogen-bond donors (Lipinski definition) is 2. The van der Waals surface area contributed by atoms with Crippen molar-refractivity contribution in [1.82, 2.24) is 9.97 Å². The minimum Gasteiger partial charge on any atom is -0.381 e. The van der Waals surface area contributed by atoms with E-state index in [9.17, 15) is 9.18 Å². The summed E-state index contributed by atoms with van der Waals surface area (Å²) in [7, 11) is 0. The topological polar surface area (TPSA) is 98.1 Å². The van der Waals surface area contributed by atoms with Crippen molar-refractivity contribution in [1.29, 1.82) is 0 Å². The Morgan fingerprint density at radius 2 is 2.28 bits per heavy atom. The fourth-order valence-electron chi connectivity index (χ4n) is 2.27. The minimum absolute atomic E-state index is 0.0739. The molecule has 0 saturated carbocycles. The molecule has 0 aliphatic carbocycles. The number of carbonyl (C=O) groups excluding carboxylic acids is 1. The second kappa shape index (κ2) is 4.85. The normalized spacial score (nSPS) is 24.1. The third kappa shape index (κ3) is 2.26. The minimum atomic E-state index is -0.633. The molecule has 0 bridgehead atoms. The van der Waals surface area contributed by atoms with E-state index in [2.05, 4.69) is 9.97 Å². The van der Waals surface area contributed by atoms with Crippen molar-refractivity contribution in [2.24, 2.45) is 11.7 Å². The number of nitrogen functional groups attached to an aromatic ring is 1. The smallest absolute Gasteiger partial charge is 0.207 e. The number of nitrogens with zero attached hydrogens (tertiary/aromatic N) is 3. The van der Waals surface area contributed by atoms with E-state index in [1.54, 1.807) is 4.90 Å². The molecule has 1 fully saturated rings. The number of ketones is 1. The van der Waals surface area contributed by atoms with Crippen LogP contribution in [0, 0.1) is 11.7 Å². The van der Waals surface area contributed by atoms with Crippen molar-refractivity contribution in [2.75, 3.05) is 23.7 Å². The molecule has 1 aliphatic rings. The van der Waals surface area contributed by atoms with Crippen molar-refractivity contribution in [3.05, 3.63) is 12.1 Å². The van der Waals surface area contributed by atoms with Crippen molar-refractivity contribution in [2.45, 2.75) is 19.4 Å². The predicted octanol–water partition coefficient (Wildman–Crippen LogP) is -0.0595. The zero-order valence-electron chi connectivity index (χ0n) is 10.1. The zero-order chi connectivity index (χ0) is 13.3. The van der Waals surface area contributed by atoms with E-state index in [4.69, 9.17) is 11.5 Å². The van der Waals surface area contributed by atoms with Gasteiger partial charge in [0.15, 0.2) is 11.6 Å². The monoisotopic (exact) mass is 253 g/mol. The average Bonchev–Trinajstić information content (AvgIpc) is 2.32. The lowest BCUT2D eigenvalue weighted by molar-refractivity contribution is -0.121. The Morgan fingerprint density at radius 3 is 2.89 bits per heavy atom. The fraction of sp³-hybridized carbons (Fsp3) is 0.545. The van der Waals surface area contributed by atoms with Crippen LogP contribution in [-0.2, 0) is 4.79 Å². The van der Waals surface area contributed by atoms with Crippen molar-refractivity contribution >= 4 is 17.4 Å². The third-order valence-electron chi connectivity index (χ3n) is 3.28. The van der Waals surface area contributed by atoms with Crippen LogP contribution in [0.2, 0.25) is 0 Å². The van der Waals surface area contributed by atoms with Gasteiger partial charge in [-0.25, -0.2) is 9.97 Å². The molecule has 0 amide bonds. The SMILES string of the molecule is CC(=O)C1CCN(c2ncnc(N)c2F)CC1N. The molecule has 1 aliphatic heterocycles. The summed E-state index contributed by atoms with van der Waals surface area (Å²) in [5.41, 5.74) is 11.3. The first-order valence-electron chi connectivity index (χ1n) is 5.77. The van der Waals surface area contributed by atoms with Gasteiger partial charge in [-0.3, -0.25) is 4.79 Å². The lowest BCUT2D eigenvalue weighted by Gasteiger charge is -2.36. The molecule has 2 heterocycles. The molecule has 4 N–H and O–H groups in total. The van der Waals surface area contributed by atoms with Crippen molar-refractivity contribution in [3.63, 3.8) is 0 Å². The first-order valence-corrected chi connectivity index (χ1v) is 5.77. The van der Waals surface area contributed by atoms with Crippen LogP contribution < -0.4 is 16.4 Å². The lowest BCUT2D eigenvalue weighted by atomic mass is 9.89. The number of anilines is 2. The fourth-order valence-corrected chi connectivity index (χ4v) is 2.27. The van der Waals surface area contributed by atoms with E-state index in [0.29, 0.717) is 19.5 Å². The van der Waals surface area contributed by atoms with E-state index < -0.39 is 5.82 Å². The van der Waals surface area contributed by atoms with Gasteiger partial charge >= 0.3 is 0 Å². The standard InChI is InChI=1S/C11H16FN5O/c1-6(18)7-2-3-17(4-8(7)13)11-9(12)10(14)15-5-16-11/h5,7-8H,2-4,13H2,1H3,(H2,14,15,16). The summed E-state index contributed by atoms with van der Waals surface area (Å²) >= 11 is 0. The van der Waals surface area contributed by atoms with Crippen LogP contribution in [0.5, 0.6) is 0 Å². The number of nitrogens with two attached hydrogens (primary N) is 2. The van der Waals surface area contributed by atoms with Gasteiger partial charge in [-0.1, -0.05) is 0 Å². The quantitative estimate of drug-likeness (QED) is 0.766. The molecule has 1 saturated heterocycles. The first kappa shape index (κ1) is 12.7. The van der Waals surface area contributed by atoms with E-state index in [0.717, 1.165) is 0 Å². The molecular formula is C11H16FN5O. The van der Waals surface area contributed by atoms with Gasteiger partial charge in [-0.15, -0.1) is 0 Å². The van der Waals surface area contributed by atoms with Crippen LogP contribution in [-0.4, -0.2) is 34.9 Å². The van der Waals surface area contributed by atoms with E-state index in [1.807, 2.05) is 0 Å². The molecule has 18 heavy (non-hydrogen) atoms. The zero-order valence-corrected chi connectivity index (χ0v) is 10.1. The number of hydrogen-bond acceptors (Lipinski definition) is 6. The Hall–Kier alpha value is -1.76. The number of carbonyl (C=O) groups is 1. The summed E-state index contributed by atoms with van der Waals surface area (Å²) in [6.45, 7) is 2.45. The van der Waals surface area contributed by atoms with Gasteiger partial charge in [0.25, 0.3) is 0 Å². The Morgan fingerprint density at radius 1 is 1.56 bits per heavy atom.